The molecule has 3 N–H and O–H groups in total. The maximum Gasteiger partial charge on any atom is 0.235 e. The number of fused-ring (bicyclic) bond motifs is 2. The first-order chi connectivity index (χ1) is 14.3. The van der Waals surface area contributed by atoms with Crippen LogP contribution in [0.3, 0.4) is 0 Å². The number of hydrogen-bond donors (Lipinski definition) is 3. The van der Waals surface area contributed by atoms with E-state index < -0.39 is 5.41 Å². The molecular weight excluding hydrogens is 378 g/mol. The van der Waals surface area contributed by atoms with Crippen LogP contribution in [-0.2, 0) is 15.6 Å². The summed E-state index contributed by atoms with van der Waals surface area (Å²) in [7, 11) is 0. The Hall–Kier alpha value is -3.28. The summed E-state index contributed by atoms with van der Waals surface area (Å²) in [6.07, 6.45) is 3.01. The van der Waals surface area contributed by atoms with Gasteiger partial charge in [-0.3, -0.25) is 4.79 Å². The van der Waals surface area contributed by atoms with Gasteiger partial charge in [-0.15, -0.1) is 0 Å². The van der Waals surface area contributed by atoms with Crippen LogP contribution in [-0.4, -0.2) is 23.9 Å². The second kappa shape index (κ2) is 6.36. The van der Waals surface area contributed by atoms with Crippen molar-refractivity contribution < 1.29 is 14.3 Å². The van der Waals surface area contributed by atoms with Crippen LogP contribution in [0.25, 0.3) is 10.9 Å². The zero-order valence-corrected chi connectivity index (χ0v) is 17.4. The van der Waals surface area contributed by atoms with Gasteiger partial charge in [0, 0.05) is 39.5 Å². The predicted octanol–water partition coefficient (Wildman–Crippen LogP) is 4.86. The molecule has 2 aliphatic rings. The third kappa shape index (κ3) is 2.86. The molecule has 5 rings (SSSR count). The molecule has 1 amide bonds. The molecule has 0 atom stereocenters. The highest BCUT2D eigenvalue weighted by Gasteiger charge is 2.51. The number of amides is 1. The molecule has 0 unspecified atom stereocenters. The van der Waals surface area contributed by atoms with Crippen LogP contribution in [0.15, 0.2) is 36.4 Å². The molecule has 3 aromatic rings. The second-order valence-corrected chi connectivity index (χ2v) is 9.17. The third-order valence-corrected chi connectivity index (χ3v) is 6.10. The Morgan fingerprint density at radius 2 is 1.90 bits per heavy atom. The summed E-state index contributed by atoms with van der Waals surface area (Å²) >= 11 is 0. The van der Waals surface area contributed by atoms with Crippen LogP contribution in [0, 0.1) is 5.41 Å². The van der Waals surface area contributed by atoms with Gasteiger partial charge in [-0.2, -0.15) is 0 Å². The van der Waals surface area contributed by atoms with Gasteiger partial charge in [-0.05, 0) is 48.7 Å². The van der Waals surface area contributed by atoms with Gasteiger partial charge in [0.15, 0.2) is 11.5 Å². The average molecular weight is 403 g/mol. The minimum absolute atomic E-state index is 0.0105. The highest BCUT2D eigenvalue weighted by molar-refractivity contribution is 6.05. The number of carbonyl (C=O) groups is 1. The fourth-order valence-electron chi connectivity index (χ4n) is 4.25. The van der Waals surface area contributed by atoms with E-state index in [4.69, 9.17) is 14.9 Å². The van der Waals surface area contributed by atoms with E-state index in [1.54, 1.807) is 0 Å². The normalized spacial score (nSPS) is 16.5. The smallest absolute Gasteiger partial charge is 0.235 e. The summed E-state index contributed by atoms with van der Waals surface area (Å²) in [5.41, 5.74) is 3.93. The van der Waals surface area contributed by atoms with Crippen molar-refractivity contribution in [2.75, 3.05) is 12.1 Å². The first kappa shape index (κ1) is 18.7. The van der Waals surface area contributed by atoms with Crippen LogP contribution in [0.1, 0.15) is 50.4 Å². The maximum absolute atomic E-state index is 13.2. The van der Waals surface area contributed by atoms with E-state index in [0.29, 0.717) is 5.75 Å². The van der Waals surface area contributed by atoms with Crippen molar-refractivity contribution >= 4 is 28.7 Å². The molecule has 1 saturated carbocycles. The lowest BCUT2D eigenvalue weighted by Gasteiger charge is -2.18. The van der Waals surface area contributed by atoms with Crippen molar-refractivity contribution in [2.45, 2.75) is 44.4 Å². The molecule has 2 aromatic carbocycles. The Morgan fingerprint density at radius 3 is 2.60 bits per heavy atom. The van der Waals surface area contributed by atoms with Gasteiger partial charge in [0.1, 0.15) is 0 Å². The molecule has 30 heavy (non-hydrogen) atoms. The Kier molecular flexibility index (Phi) is 3.97. The Bertz CT molecular complexity index is 1180. The van der Waals surface area contributed by atoms with Crippen molar-refractivity contribution in [3.05, 3.63) is 53.2 Å². The lowest BCUT2D eigenvalue weighted by atomic mass is 9.89. The van der Waals surface area contributed by atoms with Gasteiger partial charge in [-0.1, -0.05) is 26.8 Å². The van der Waals surface area contributed by atoms with Crippen LogP contribution < -0.4 is 14.8 Å². The van der Waals surface area contributed by atoms with Crippen molar-refractivity contribution in [1.82, 2.24) is 4.98 Å². The molecule has 0 bridgehead atoms. The first-order valence-electron chi connectivity index (χ1n) is 10.2. The van der Waals surface area contributed by atoms with E-state index in [9.17, 15) is 4.79 Å². The second-order valence-electron chi connectivity index (χ2n) is 9.17. The average Bonchev–Trinajstić information content (AvgIpc) is 3.24. The Balaban J connectivity index is 1.45. The highest BCUT2D eigenvalue weighted by atomic mass is 16.7. The van der Waals surface area contributed by atoms with Gasteiger partial charge in [0.25, 0.3) is 0 Å². The van der Waals surface area contributed by atoms with Crippen LogP contribution in [0.4, 0.5) is 5.69 Å². The van der Waals surface area contributed by atoms with Crippen molar-refractivity contribution in [2.24, 2.45) is 0 Å². The highest BCUT2D eigenvalue weighted by Crippen LogP contribution is 2.51. The van der Waals surface area contributed by atoms with Gasteiger partial charge in [0.05, 0.1) is 5.41 Å². The molecule has 2 heterocycles. The predicted molar refractivity (Wildman–Crippen MR) is 117 cm³/mol. The minimum Gasteiger partial charge on any atom is -0.454 e. The fraction of sp³-hybridized carbons (Fsp3) is 0.333. The standard InChI is InChI=1S/C24H25N3O3/c1-23(2,3)21-17(12-25)16-11-15(5-6-18(16)27-21)26-22(28)24(8-9-24)14-4-7-19-20(10-14)30-13-29-19/h4-7,10-12,25,27H,8-9,13H2,1-3H3,(H,26,28). The number of nitrogens with one attached hydrogen (secondary N) is 3. The largest absolute Gasteiger partial charge is 0.454 e. The van der Waals surface area contributed by atoms with Gasteiger partial charge >= 0.3 is 0 Å². The molecule has 0 radical (unpaired) electrons. The fourth-order valence-corrected chi connectivity index (χ4v) is 4.25. The molecular formula is C24H25N3O3. The molecule has 1 aliphatic carbocycles. The molecule has 0 saturated heterocycles. The van der Waals surface area contributed by atoms with Gasteiger partial charge in [-0.25, -0.2) is 0 Å². The Morgan fingerprint density at radius 1 is 1.13 bits per heavy atom. The number of H-pyrrole nitrogens is 1. The Labute approximate surface area is 175 Å². The number of aromatic amines is 1. The lowest BCUT2D eigenvalue weighted by molar-refractivity contribution is -0.118. The zero-order valence-electron chi connectivity index (χ0n) is 17.4. The van der Waals surface area contributed by atoms with Crippen LogP contribution >= 0.6 is 0 Å². The molecule has 6 heteroatoms. The van der Waals surface area contributed by atoms with E-state index in [1.807, 2.05) is 36.4 Å². The number of ether oxygens (including phenoxy) is 2. The van der Waals surface area contributed by atoms with Gasteiger partial charge < -0.3 is 25.2 Å². The van der Waals surface area contributed by atoms with E-state index in [2.05, 4.69) is 31.1 Å². The summed E-state index contributed by atoms with van der Waals surface area (Å²) in [6.45, 7) is 6.58. The molecule has 6 nitrogen and oxygen atoms in total. The first-order valence-corrected chi connectivity index (χ1v) is 10.2. The number of carbonyl (C=O) groups excluding carboxylic acids is 1. The summed E-state index contributed by atoms with van der Waals surface area (Å²) in [4.78, 5) is 16.7. The number of anilines is 1. The quantitative estimate of drug-likeness (QED) is 0.544. The van der Waals surface area contributed by atoms with Crippen LogP contribution in [0.5, 0.6) is 11.5 Å². The van der Waals surface area contributed by atoms with E-state index in [-0.39, 0.29) is 18.1 Å². The molecule has 154 valence electrons. The van der Waals surface area contributed by atoms with Crippen molar-refractivity contribution in [3.8, 4) is 11.5 Å². The zero-order chi connectivity index (χ0) is 21.1. The summed E-state index contributed by atoms with van der Waals surface area (Å²) in [5, 5.41) is 12.0. The molecule has 1 aliphatic heterocycles. The van der Waals surface area contributed by atoms with Crippen LogP contribution in [0.2, 0.25) is 0 Å². The summed E-state index contributed by atoms with van der Waals surface area (Å²) in [6, 6.07) is 11.6. The molecule has 0 spiro atoms. The van der Waals surface area contributed by atoms with Crippen molar-refractivity contribution in [3.63, 3.8) is 0 Å². The summed E-state index contributed by atoms with van der Waals surface area (Å²) < 4.78 is 10.9. The summed E-state index contributed by atoms with van der Waals surface area (Å²) in [5.74, 6) is 1.41. The number of benzene rings is 2. The minimum atomic E-state index is -0.519. The van der Waals surface area contributed by atoms with E-state index in [1.165, 1.54) is 6.21 Å². The van der Waals surface area contributed by atoms with Gasteiger partial charge in [0.2, 0.25) is 12.7 Å². The number of rotatable bonds is 4. The molecule has 1 aromatic heterocycles. The SMILES string of the molecule is CC(C)(C)c1[nH]c2ccc(NC(=O)C3(c4ccc5c(c4)OCO5)CC3)cc2c1C=N. The van der Waals surface area contributed by atoms with Crippen molar-refractivity contribution in [1.29, 1.82) is 5.41 Å². The van der Waals surface area contributed by atoms with E-state index >= 15 is 0 Å². The molecule has 1 fully saturated rings. The maximum atomic E-state index is 13.2. The monoisotopic (exact) mass is 403 g/mol. The number of aromatic nitrogens is 1. The topological polar surface area (TPSA) is 87.2 Å². The van der Waals surface area contributed by atoms with E-state index in [0.717, 1.165) is 52.0 Å². The number of hydrogen-bond acceptors (Lipinski definition) is 4. The third-order valence-electron chi connectivity index (χ3n) is 6.10. The lowest BCUT2D eigenvalue weighted by Crippen LogP contribution is -2.27.